The minimum absolute atomic E-state index is 0.233. The molecule has 2 aromatic rings. The molecule has 2 rings (SSSR count). The fourth-order valence-electron chi connectivity index (χ4n) is 1.72. The Morgan fingerprint density at radius 2 is 1.72 bits per heavy atom. The van der Waals surface area contributed by atoms with Crippen LogP contribution >= 0.6 is 0 Å². The zero-order valence-corrected chi connectivity index (χ0v) is 9.51. The van der Waals surface area contributed by atoms with Crippen molar-refractivity contribution in [2.45, 2.75) is 13.1 Å². The lowest BCUT2D eigenvalue weighted by Gasteiger charge is -2.09. The first-order valence-electron chi connectivity index (χ1n) is 5.25. The predicted octanol–water partition coefficient (Wildman–Crippen LogP) is 3.37. The van der Waals surface area contributed by atoms with Gasteiger partial charge in [0.1, 0.15) is 0 Å². The molecule has 0 aliphatic carbocycles. The number of hydrogen-bond acceptors (Lipinski definition) is 1. The second-order valence-corrected chi connectivity index (χ2v) is 3.97. The highest BCUT2D eigenvalue weighted by Gasteiger charge is 2.29. The number of aryl methyl sites for hydroxylation is 1. The van der Waals surface area contributed by atoms with Gasteiger partial charge in [-0.25, -0.2) is 0 Å². The first-order chi connectivity index (χ1) is 8.38. The van der Waals surface area contributed by atoms with Crippen LogP contribution in [0.5, 0.6) is 0 Å². The van der Waals surface area contributed by atoms with Gasteiger partial charge in [0.2, 0.25) is 5.56 Å². The maximum absolute atomic E-state index is 12.4. The number of hydrogen-bond donors (Lipinski definition) is 1. The van der Waals surface area contributed by atoms with E-state index >= 15 is 0 Å². The van der Waals surface area contributed by atoms with Crippen molar-refractivity contribution in [2.24, 2.45) is 0 Å². The van der Waals surface area contributed by atoms with E-state index in [-0.39, 0.29) is 5.56 Å². The molecule has 0 saturated carbocycles. The van der Waals surface area contributed by atoms with Crippen molar-refractivity contribution in [2.75, 3.05) is 0 Å². The quantitative estimate of drug-likeness (QED) is 0.830. The SMILES string of the molecule is Cc1cc(=O)[nH]cc1-c1ccc(C(F)(F)F)cc1. The number of nitrogens with one attached hydrogen (secondary N) is 1. The summed E-state index contributed by atoms with van der Waals surface area (Å²) in [6.07, 6.45) is -2.83. The number of aromatic amines is 1. The zero-order chi connectivity index (χ0) is 13.3. The van der Waals surface area contributed by atoms with Crippen molar-refractivity contribution in [1.82, 2.24) is 4.98 Å². The van der Waals surface area contributed by atoms with Gasteiger partial charge in [-0.15, -0.1) is 0 Å². The molecule has 0 fully saturated rings. The Morgan fingerprint density at radius 1 is 1.11 bits per heavy atom. The van der Waals surface area contributed by atoms with Crippen LogP contribution in [0.3, 0.4) is 0 Å². The highest BCUT2D eigenvalue weighted by Crippen LogP contribution is 2.31. The van der Waals surface area contributed by atoms with E-state index in [1.807, 2.05) is 0 Å². The summed E-state index contributed by atoms with van der Waals surface area (Å²) in [7, 11) is 0. The van der Waals surface area contributed by atoms with Crippen LogP contribution in [-0.4, -0.2) is 4.98 Å². The summed E-state index contributed by atoms with van der Waals surface area (Å²) >= 11 is 0. The largest absolute Gasteiger partial charge is 0.416 e. The van der Waals surface area contributed by atoms with Gasteiger partial charge in [-0.3, -0.25) is 4.79 Å². The molecule has 0 bridgehead atoms. The Labute approximate surface area is 101 Å². The molecule has 0 saturated heterocycles. The van der Waals surface area contributed by atoms with Crippen molar-refractivity contribution in [3.8, 4) is 11.1 Å². The van der Waals surface area contributed by atoms with Crippen LogP contribution in [0.1, 0.15) is 11.1 Å². The first-order valence-corrected chi connectivity index (χ1v) is 5.25. The van der Waals surface area contributed by atoms with Crippen LogP contribution in [0.25, 0.3) is 11.1 Å². The standard InChI is InChI=1S/C13H10F3NO/c1-8-6-12(18)17-7-11(8)9-2-4-10(5-3-9)13(14,15)16/h2-7H,1H3,(H,17,18). The predicted molar refractivity (Wildman–Crippen MR) is 62.2 cm³/mol. The Morgan fingerprint density at radius 3 is 2.22 bits per heavy atom. The lowest BCUT2D eigenvalue weighted by Crippen LogP contribution is -2.05. The van der Waals surface area contributed by atoms with Crippen molar-refractivity contribution in [3.05, 3.63) is 58.0 Å². The zero-order valence-electron chi connectivity index (χ0n) is 9.51. The van der Waals surface area contributed by atoms with E-state index in [0.717, 1.165) is 17.7 Å². The highest BCUT2D eigenvalue weighted by atomic mass is 19.4. The highest BCUT2D eigenvalue weighted by molar-refractivity contribution is 5.66. The van der Waals surface area contributed by atoms with Gasteiger partial charge in [-0.05, 0) is 30.2 Å². The molecule has 0 spiro atoms. The van der Waals surface area contributed by atoms with Crippen LogP contribution < -0.4 is 5.56 Å². The fourth-order valence-corrected chi connectivity index (χ4v) is 1.72. The van der Waals surface area contributed by atoms with E-state index < -0.39 is 11.7 Å². The summed E-state index contributed by atoms with van der Waals surface area (Å²) in [6, 6.07) is 6.25. The number of rotatable bonds is 1. The smallest absolute Gasteiger partial charge is 0.328 e. The molecule has 2 nitrogen and oxygen atoms in total. The number of halogens is 3. The van der Waals surface area contributed by atoms with E-state index in [2.05, 4.69) is 4.98 Å². The molecule has 0 atom stereocenters. The minimum atomic E-state index is -4.33. The molecule has 0 unspecified atom stereocenters. The monoisotopic (exact) mass is 253 g/mol. The molecule has 0 aliphatic heterocycles. The Balaban J connectivity index is 2.44. The maximum atomic E-state index is 12.4. The Hall–Kier alpha value is -2.04. The number of benzene rings is 1. The minimum Gasteiger partial charge on any atom is -0.328 e. The fraction of sp³-hybridized carbons (Fsp3) is 0.154. The molecule has 18 heavy (non-hydrogen) atoms. The molecular formula is C13H10F3NO. The van der Waals surface area contributed by atoms with E-state index in [1.54, 1.807) is 6.92 Å². The number of aromatic nitrogens is 1. The van der Waals surface area contributed by atoms with E-state index in [9.17, 15) is 18.0 Å². The first kappa shape index (κ1) is 12.4. The van der Waals surface area contributed by atoms with Gasteiger partial charge in [0.05, 0.1) is 5.56 Å². The average Bonchev–Trinajstić information content (AvgIpc) is 2.28. The van der Waals surface area contributed by atoms with Crippen LogP contribution in [0, 0.1) is 6.92 Å². The average molecular weight is 253 g/mol. The third-order valence-corrected chi connectivity index (χ3v) is 2.65. The maximum Gasteiger partial charge on any atom is 0.416 e. The van der Waals surface area contributed by atoms with Gasteiger partial charge in [-0.2, -0.15) is 13.2 Å². The molecule has 94 valence electrons. The van der Waals surface area contributed by atoms with Gasteiger partial charge in [0, 0.05) is 17.8 Å². The lowest BCUT2D eigenvalue weighted by molar-refractivity contribution is -0.137. The second kappa shape index (κ2) is 4.33. The summed E-state index contributed by atoms with van der Waals surface area (Å²) in [6.45, 7) is 1.74. The lowest BCUT2D eigenvalue weighted by atomic mass is 10.0. The third-order valence-electron chi connectivity index (χ3n) is 2.65. The van der Waals surface area contributed by atoms with Crippen molar-refractivity contribution in [3.63, 3.8) is 0 Å². The Bertz CT molecular complexity index is 611. The van der Waals surface area contributed by atoms with Crippen molar-refractivity contribution in [1.29, 1.82) is 0 Å². The molecule has 0 aliphatic rings. The van der Waals surface area contributed by atoms with Gasteiger partial charge in [0.25, 0.3) is 0 Å². The molecule has 1 N–H and O–H groups in total. The van der Waals surface area contributed by atoms with Gasteiger partial charge >= 0.3 is 6.18 Å². The van der Waals surface area contributed by atoms with E-state index in [4.69, 9.17) is 0 Å². The van der Waals surface area contributed by atoms with Crippen LogP contribution in [-0.2, 0) is 6.18 Å². The van der Waals surface area contributed by atoms with Gasteiger partial charge in [0.15, 0.2) is 0 Å². The number of H-pyrrole nitrogens is 1. The third kappa shape index (κ3) is 2.45. The van der Waals surface area contributed by atoms with Crippen molar-refractivity contribution >= 4 is 0 Å². The van der Waals surface area contributed by atoms with Crippen LogP contribution in [0.15, 0.2) is 41.3 Å². The van der Waals surface area contributed by atoms with E-state index in [0.29, 0.717) is 11.1 Å². The summed E-state index contributed by atoms with van der Waals surface area (Å²) in [5.41, 5.74) is 1.15. The number of pyridine rings is 1. The summed E-state index contributed by atoms with van der Waals surface area (Å²) in [4.78, 5) is 13.6. The molecule has 1 aromatic carbocycles. The van der Waals surface area contributed by atoms with E-state index in [1.165, 1.54) is 24.4 Å². The topological polar surface area (TPSA) is 32.9 Å². The molecule has 0 amide bonds. The summed E-state index contributed by atoms with van der Waals surface area (Å²) in [5.74, 6) is 0. The van der Waals surface area contributed by atoms with Crippen LogP contribution in [0.2, 0.25) is 0 Å². The summed E-state index contributed by atoms with van der Waals surface area (Å²) in [5, 5.41) is 0. The molecular weight excluding hydrogens is 243 g/mol. The van der Waals surface area contributed by atoms with Gasteiger partial charge < -0.3 is 4.98 Å². The number of alkyl halides is 3. The summed E-state index contributed by atoms with van der Waals surface area (Å²) < 4.78 is 37.2. The Kier molecular flexibility index (Phi) is 2.98. The molecule has 1 aromatic heterocycles. The molecule has 0 radical (unpaired) electrons. The molecule has 5 heteroatoms. The van der Waals surface area contributed by atoms with Gasteiger partial charge in [-0.1, -0.05) is 12.1 Å². The molecule has 1 heterocycles. The second-order valence-electron chi connectivity index (χ2n) is 3.97. The van der Waals surface area contributed by atoms with Crippen LogP contribution in [0.4, 0.5) is 13.2 Å². The van der Waals surface area contributed by atoms with Crippen molar-refractivity contribution < 1.29 is 13.2 Å². The normalized spacial score (nSPS) is 11.6.